The van der Waals surface area contributed by atoms with E-state index < -0.39 is 6.10 Å². The van der Waals surface area contributed by atoms with Crippen molar-refractivity contribution in [3.8, 4) is 0 Å². The summed E-state index contributed by atoms with van der Waals surface area (Å²) < 4.78 is 16.8. The number of hydrogen-bond acceptors (Lipinski definition) is 6. The van der Waals surface area contributed by atoms with Gasteiger partial charge in [-0.1, -0.05) is 238 Å². The van der Waals surface area contributed by atoms with Crippen LogP contribution < -0.4 is 0 Å². The Hall–Kier alpha value is -4.45. The van der Waals surface area contributed by atoms with Crippen LogP contribution in [0.15, 0.2) is 134 Å². The molecule has 0 bridgehead atoms. The van der Waals surface area contributed by atoms with E-state index in [0.717, 1.165) is 173 Å². The van der Waals surface area contributed by atoms with Crippen LogP contribution in [0.2, 0.25) is 0 Å². The van der Waals surface area contributed by atoms with Crippen LogP contribution in [0.1, 0.15) is 258 Å². The molecule has 0 saturated carbocycles. The molecule has 0 aromatic rings. The lowest BCUT2D eigenvalue weighted by molar-refractivity contribution is -0.167. The summed E-state index contributed by atoms with van der Waals surface area (Å²) in [7, 11) is 0. The lowest BCUT2D eigenvalue weighted by Gasteiger charge is -2.18. The first-order valence-electron chi connectivity index (χ1n) is 30.2. The lowest BCUT2D eigenvalue weighted by Crippen LogP contribution is -2.30. The van der Waals surface area contributed by atoms with Crippen LogP contribution in [0, 0.1) is 0 Å². The lowest BCUT2D eigenvalue weighted by atomic mass is 10.1. The Morgan fingerprint density at radius 2 is 0.527 bits per heavy atom. The number of hydrogen-bond donors (Lipinski definition) is 0. The first-order chi connectivity index (χ1) is 36.5. The van der Waals surface area contributed by atoms with Gasteiger partial charge in [0.05, 0.1) is 0 Å². The minimum absolute atomic E-state index is 0.0994. The molecule has 0 radical (unpaired) electrons. The topological polar surface area (TPSA) is 78.9 Å². The van der Waals surface area contributed by atoms with E-state index in [9.17, 15) is 14.4 Å². The van der Waals surface area contributed by atoms with Gasteiger partial charge in [0.15, 0.2) is 6.10 Å². The van der Waals surface area contributed by atoms with Gasteiger partial charge in [0, 0.05) is 19.3 Å². The van der Waals surface area contributed by atoms with Gasteiger partial charge in [-0.2, -0.15) is 0 Å². The molecular weight excluding hydrogens is 913 g/mol. The fourth-order valence-corrected chi connectivity index (χ4v) is 7.90. The van der Waals surface area contributed by atoms with Crippen LogP contribution >= 0.6 is 0 Å². The van der Waals surface area contributed by atoms with Crippen molar-refractivity contribution in [2.45, 2.75) is 264 Å². The maximum absolute atomic E-state index is 12.9. The normalized spacial score (nSPS) is 13.1. The highest BCUT2D eigenvalue weighted by molar-refractivity contribution is 5.71. The zero-order valence-electron chi connectivity index (χ0n) is 47.8. The van der Waals surface area contributed by atoms with Crippen molar-refractivity contribution >= 4 is 17.9 Å². The Morgan fingerprint density at radius 3 is 0.838 bits per heavy atom. The number of ether oxygens (including phenoxy) is 3. The molecule has 0 N–H and O–H groups in total. The van der Waals surface area contributed by atoms with Gasteiger partial charge < -0.3 is 14.2 Å². The van der Waals surface area contributed by atoms with Crippen molar-refractivity contribution in [2.24, 2.45) is 0 Å². The Morgan fingerprint density at radius 1 is 0.284 bits per heavy atom. The molecule has 0 heterocycles. The molecule has 0 spiro atoms. The van der Waals surface area contributed by atoms with Crippen molar-refractivity contribution in [1.82, 2.24) is 0 Å². The summed E-state index contributed by atoms with van der Waals surface area (Å²) in [5, 5.41) is 0. The van der Waals surface area contributed by atoms with E-state index in [1.165, 1.54) is 44.9 Å². The van der Waals surface area contributed by atoms with E-state index in [1.54, 1.807) is 0 Å². The van der Waals surface area contributed by atoms with Crippen LogP contribution in [0.5, 0.6) is 0 Å². The molecular formula is C68H110O6. The summed E-state index contributed by atoms with van der Waals surface area (Å²) in [4.78, 5) is 38.2. The second-order valence-electron chi connectivity index (χ2n) is 19.5. The second kappa shape index (κ2) is 61.1. The number of carbonyl (C=O) groups excluding carboxylic acids is 3. The van der Waals surface area contributed by atoms with E-state index in [-0.39, 0.29) is 31.1 Å². The summed E-state index contributed by atoms with van der Waals surface area (Å²) in [6, 6.07) is 0. The fraction of sp³-hybridized carbons (Fsp3) is 0.632. The van der Waals surface area contributed by atoms with Gasteiger partial charge >= 0.3 is 17.9 Å². The van der Waals surface area contributed by atoms with Crippen LogP contribution in [-0.4, -0.2) is 37.2 Å². The molecule has 1 atom stereocenters. The summed E-state index contributed by atoms with van der Waals surface area (Å²) in [6.07, 6.45) is 85.9. The highest BCUT2D eigenvalue weighted by atomic mass is 16.6. The number of allylic oxidation sites excluding steroid dienone is 22. The summed E-state index contributed by atoms with van der Waals surface area (Å²) in [5.74, 6) is -0.946. The standard InChI is InChI=1S/C68H110O6/c1-4-7-10-13-16-19-22-25-28-29-30-31-32-33-34-35-36-37-38-39-41-43-46-49-52-55-58-61-67(70)73-64-65(63-72-66(69)60-57-54-51-48-45-42-27-24-21-18-15-12-9-6-3)74-68(71)62-59-56-53-50-47-44-40-26-23-20-17-14-11-8-5-2/h7-8,10-11,16-17,19-20,24-28,30-31,33-34,36-37,39-41,65H,4-6,9,12-15,18,21-23,29,32,35,38,42-64H2,1-3H3/b10-7-,11-8-,19-16-,20-17-,27-24-,28-25-,31-30-,34-33-,37-36-,40-26-,41-39-. The monoisotopic (exact) mass is 1020 g/mol. The molecule has 6 heteroatoms. The highest BCUT2D eigenvalue weighted by Crippen LogP contribution is 2.14. The molecule has 0 aliphatic heterocycles. The van der Waals surface area contributed by atoms with Crippen LogP contribution in [0.4, 0.5) is 0 Å². The van der Waals surface area contributed by atoms with Crippen molar-refractivity contribution < 1.29 is 28.6 Å². The van der Waals surface area contributed by atoms with Crippen molar-refractivity contribution in [3.05, 3.63) is 134 Å². The van der Waals surface area contributed by atoms with Crippen molar-refractivity contribution in [3.63, 3.8) is 0 Å². The minimum atomic E-state index is -0.804. The largest absolute Gasteiger partial charge is 0.462 e. The van der Waals surface area contributed by atoms with E-state index in [0.29, 0.717) is 19.3 Å². The fourth-order valence-electron chi connectivity index (χ4n) is 7.90. The van der Waals surface area contributed by atoms with Crippen LogP contribution in [-0.2, 0) is 28.6 Å². The zero-order chi connectivity index (χ0) is 53.6. The number of rotatable bonds is 53. The summed E-state index contributed by atoms with van der Waals surface area (Å²) >= 11 is 0. The van der Waals surface area contributed by atoms with Gasteiger partial charge in [-0.05, 0) is 135 Å². The molecule has 0 aliphatic carbocycles. The predicted octanol–water partition coefficient (Wildman–Crippen LogP) is 20.6. The number of esters is 3. The average Bonchev–Trinajstić information content (AvgIpc) is 3.40. The van der Waals surface area contributed by atoms with Gasteiger partial charge in [-0.15, -0.1) is 0 Å². The van der Waals surface area contributed by atoms with Gasteiger partial charge in [0.2, 0.25) is 0 Å². The molecule has 418 valence electrons. The van der Waals surface area contributed by atoms with Gasteiger partial charge in [0.25, 0.3) is 0 Å². The first-order valence-corrected chi connectivity index (χ1v) is 30.2. The predicted molar refractivity (Wildman–Crippen MR) is 320 cm³/mol. The van der Waals surface area contributed by atoms with Crippen LogP contribution in [0.25, 0.3) is 0 Å². The van der Waals surface area contributed by atoms with Crippen molar-refractivity contribution in [1.29, 1.82) is 0 Å². The third-order valence-electron chi connectivity index (χ3n) is 12.4. The summed E-state index contributed by atoms with van der Waals surface area (Å²) in [6.45, 7) is 6.36. The zero-order valence-corrected chi connectivity index (χ0v) is 47.8. The van der Waals surface area contributed by atoms with E-state index >= 15 is 0 Å². The van der Waals surface area contributed by atoms with Crippen molar-refractivity contribution in [2.75, 3.05) is 13.2 Å². The Bertz CT molecular complexity index is 1600. The smallest absolute Gasteiger partial charge is 0.306 e. The molecule has 0 aliphatic rings. The minimum Gasteiger partial charge on any atom is -0.462 e. The SMILES string of the molecule is CC/C=C\C/C=C\C/C=C\C/C=C\C/C=C\C/C=C\C/C=C\CCCCCCCC(=O)OCC(COC(=O)CCCCCCC/C=C\CCCCCCC)OC(=O)CCCCCCC/C=C\C/C=C\C/C=C\CC. The van der Waals surface area contributed by atoms with Gasteiger partial charge in [-0.3, -0.25) is 14.4 Å². The molecule has 1 unspecified atom stereocenters. The number of unbranched alkanes of at least 4 members (excludes halogenated alkanes) is 20. The maximum atomic E-state index is 12.9. The van der Waals surface area contributed by atoms with E-state index in [1.807, 2.05) is 0 Å². The van der Waals surface area contributed by atoms with E-state index in [4.69, 9.17) is 14.2 Å². The quantitative estimate of drug-likeness (QED) is 0.0261. The maximum Gasteiger partial charge on any atom is 0.306 e. The molecule has 0 aromatic carbocycles. The molecule has 74 heavy (non-hydrogen) atoms. The Balaban J connectivity index is 4.41. The molecule has 0 aromatic heterocycles. The average molecular weight is 1020 g/mol. The summed E-state index contributed by atoms with van der Waals surface area (Å²) in [5.41, 5.74) is 0. The highest BCUT2D eigenvalue weighted by Gasteiger charge is 2.19. The van der Waals surface area contributed by atoms with Crippen LogP contribution in [0.3, 0.4) is 0 Å². The number of carbonyl (C=O) groups is 3. The first kappa shape index (κ1) is 69.5. The van der Waals surface area contributed by atoms with Gasteiger partial charge in [0.1, 0.15) is 13.2 Å². The molecule has 0 fully saturated rings. The molecule has 0 saturated heterocycles. The molecule has 6 nitrogen and oxygen atoms in total. The second-order valence-corrected chi connectivity index (χ2v) is 19.5. The Kier molecular flexibility index (Phi) is 57.4. The third-order valence-corrected chi connectivity index (χ3v) is 12.4. The van der Waals surface area contributed by atoms with Gasteiger partial charge in [-0.25, -0.2) is 0 Å². The van der Waals surface area contributed by atoms with E-state index in [2.05, 4.69) is 154 Å². The molecule has 0 amide bonds. The Labute approximate surface area is 455 Å². The molecule has 0 rings (SSSR count). The third kappa shape index (κ3) is 58.4.